The molecule has 0 radical (unpaired) electrons. The molecule has 1 unspecified atom stereocenters. The van der Waals surface area contributed by atoms with Crippen molar-refractivity contribution in [2.45, 2.75) is 38.6 Å². The van der Waals surface area contributed by atoms with Crippen molar-refractivity contribution in [1.29, 1.82) is 0 Å². The van der Waals surface area contributed by atoms with Crippen molar-refractivity contribution in [2.75, 3.05) is 11.9 Å². The topological polar surface area (TPSA) is 49.4 Å². The van der Waals surface area contributed by atoms with Crippen LogP contribution in [-0.4, -0.2) is 24.9 Å². The first-order valence-electron chi connectivity index (χ1n) is 7.19. The van der Waals surface area contributed by atoms with Crippen LogP contribution in [0.5, 0.6) is 0 Å². The van der Waals surface area contributed by atoms with Gasteiger partial charge in [0.25, 0.3) is 0 Å². The molecule has 0 aliphatic heterocycles. The van der Waals surface area contributed by atoms with Gasteiger partial charge in [-0.15, -0.1) is 0 Å². The number of anilines is 1. The molecule has 0 saturated heterocycles. The molecule has 1 N–H and O–H groups in total. The molecule has 0 heterocycles. The molecule has 1 aromatic rings. The van der Waals surface area contributed by atoms with E-state index in [9.17, 15) is 9.59 Å². The molecule has 0 spiro atoms. The molecule has 2 amide bonds. The molecule has 2 rings (SSSR count). The second-order valence-electron chi connectivity index (χ2n) is 5.46. The first-order valence-corrected chi connectivity index (χ1v) is 7.19. The van der Waals surface area contributed by atoms with E-state index in [1.165, 1.54) is 6.92 Å². The molecule has 20 heavy (non-hydrogen) atoms. The number of amides is 2. The lowest BCUT2D eigenvalue weighted by atomic mass is 9.96. The average molecular weight is 274 g/mol. The van der Waals surface area contributed by atoms with Crippen LogP contribution in [0.15, 0.2) is 30.3 Å². The van der Waals surface area contributed by atoms with Crippen LogP contribution in [0.25, 0.3) is 0 Å². The van der Waals surface area contributed by atoms with E-state index in [4.69, 9.17) is 0 Å². The third kappa shape index (κ3) is 3.38. The lowest BCUT2D eigenvalue weighted by Crippen LogP contribution is -2.50. The number of nitrogens with zero attached hydrogens (tertiary/aromatic N) is 1. The van der Waals surface area contributed by atoms with Gasteiger partial charge in [-0.2, -0.15) is 0 Å². The molecule has 108 valence electrons. The number of hydrogen-bond donors (Lipinski definition) is 1. The standard InChI is InChI=1S/C16H22N2O2/c1-12(19)17-15(13-8-6-7-9-13)16(20)18(2)14-10-4-3-5-11-14/h3-5,10-11,13,15H,6-9H2,1-2H3,(H,17,19). The van der Waals surface area contributed by atoms with Gasteiger partial charge in [0.1, 0.15) is 6.04 Å². The van der Waals surface area contributed by atoms with Crippen molar-refractivity contribution in [3.63, 3.8) is 0 Å². The molecule has 0 bridgehead atoms. The predicted octanol–water partition coefficient (Wildman–Crippen LogP) is 2.34. The van der Waals surface area contributed by atoms with Crippen LogP contribution < -0.4 is 10.2 Å². The zero-order valence-electron chi connectivity index (χ0n) is 12.1. The number of nitrogens with one attached hydrogen (secondary N) is 1. The Morgan fingerprint density at radius 2 is 1.80 bits per heavy atom. The highest BCUT2D eigenvalue weighted by Crippen LogP contribution is 2.29. The largest absolute Gasteiger partial charge is 0.344 e. The fourth-order valence-corrected chi connectivity index (χ4v) is 2.88. The van der Waals surface area contributed by atoms with Crippen LogP contribution >= 0.6 is 0 Å². The molecular weight excluding hydrogens is 252 g/mol. The number of benzene rings is 1. The summed E-state index contributed by atoms with van der Waals surface area (Å²) < 4.78 is 0. The van der Waals surface area contributed by atoms with Crippen LogP contribution in [0.4, 0.5) is 5.69 Å². The van der Waals surface area contributed by atoms with Crippen molar-refractivity contribution in [3.05, 3.63) is 30.3 Å². The third-order valence-corrected chi connectivity index (χ3v) is 3.97. The minimum Gasteiger partial charge on any atom is -0.344 e. The van der Waals surface area contributed by atoms with Gasteiger partial charge in [0.2, 0.25) is 11.8 Å². The average Bonchev–Trinajstić information content (AvgIpc) is 2.98. The summed E-state index contributed by atoms with van der Waals surface area (Å²) in [6.45, 7) is 1.47. The molecular formula is C16H22N2O2. The summed E-state index contributed by atoms with van der Waals surface area (Å²) in [5.41, 5.74) is 0.853. The summed E-state index contributed by atoms with van der Waals surface area (Å²) in [7, 11) is 1.77. The monoisotopic (exact) mass is 274 g/mol. The SMILES string of the molecule is CC(=O)NC(C(=O)N(C)c1ccccc1)C1CCCC1. The second kappa shape index (κ2) is 6.55. The molecule has 0 aromatic heterocycles. The van der Waals surface area contributed by atoms with Gasteiger partial charge in [-0.3, -0.25) is 9.59 Å². The number of likely N-dealkylation sites (N-methyl/N-ethyl adjacent to an activating group) is 1. The van der Waals surface area contributed by atoms with Gasteiger partial charge in [0.15, 0.2) is 0 Å². The van der Waals surface area contributed by atoms with Crippen molar-refractivity contribution in [2.24, 2.45) is 5.92 Å². The molecule has 1 atom stereocenters. The van der Waals surface area contributed by atoms with Crippen molar-refractivity contribution < 1.29 is 9.59 Å². The maximum absolute atomic E-state index is 12.7. The zero-order valence-corrected chi connectivity index (χ0v) is 12.1. The van der Waals surface area contributed by atoms with E-state index in [1.807, 2.05) is 30.3 Å². The Hall–Kier alpha value is -1.84. The van der Waals surface area contributed by atoms with Crippen LogP contribution in [0.3, 0.4) is 0 Å². The highest BCUT2D eigenvalue weighted by molar-refractivity contribution is 5.98. The van der Waals surface area contributed by atoms with E-state index >= 15 is 0 Å². The quantitative estimate of drug-likeness (QED) is 0.916. The molecule has 1 fully saturated rings. The van der Waals surface area contributed by atoms with Crippen LogP contribution in [-0.2, 0) is 9.59 Å². The highest BCUT2D eigenvalue weighted by Gasteiger charge is 2.33. The molecule has 1 saturated carbocycles. The Kier molecular flexibility index (Phi) is 4.77. The lowest BCUT2D eigenvalue weighted by molar-refractivity contribution is -0.127. The Labute approximate surface area is 120 Å². The number of carbonyl (C=O) groups is 2. The second-order valence-corrected chi connectivity index (χ2v) is 5.46. The van der Waals surface area contributed by atoms with E-state index < -0.39 is 6.04 Å². The van der Waals surface area contributed by atoms with Gasteiger partial charge >= 0.3 is 0 Å². The Balaban J connectivity index is 2.15. The maximum Gasteiger partial charge on any atom is 0.249 e. The van der Waals surface area contributed by atoms with Gasteiger partial charge in [-0.25, -0.2) is 0 Å². The van der Waals surface area contributed by atoms with E-state index in [0.29, 0.717) is 0 Å². The summed E-state index contributed by atoms with van der Waals surface area (Å²) in [5, 5.41) is 2.84. The summed E-state index contributed by atoms with van der Waals surface area (Å²) in [6.07, 6.45) is 4.31. The van der Waals surface area contributed by atoms with Crippen LogP contribution in [0.2, 0.25) is 0 Å². The van der Waals surface area contributed by atoms with Gasteiger partial charge in [-0.1, -0.05) is 31.0 Å². The van der Waals surface area contributed by atoms with Crippen molar-refractivity contribution in [1.82, 2.24) is 5.32 Å². The molecule has 1 aliphatic rings. The first-order chi connectivity index (χ1) is 9.59. The highest BCUT2D eigenvalue weighted by atomic mass is 16.2. The smallest absolute Gasteiger partial charge is 0.249 e. The Morgan fingerprint density at radius 3 is 2.35 bits per heavy atom. The summed E-state index contributed by atoms with van der Waals surface area (Å²) in [4.78, 5) is 25.7. The lowest BCUT2D eigenvalue weighted by Gasteiger charge is -2.28. The number of hydrogen-bond acceptors (Lipinski definition) is 2. The van der Waals surface area contributed by atoms with Crippen LogP contribution in [0.1, 0.15) is 32.6 Å². The molecule has 1 aromatic carbocycles. The fraction of sp³-hybridized carbons (Fsp3) is 0.500. The zero-order chi connectivity index (χ0) is 14.5. The number of rotatable bonds is 4. The predicted molar refractivity (Wildman–Crippen MR) is 79.4 cm³/mol. The summed E-state index contributed by atoms with van der Waals surface area (Å²) in [6, 6.07) is 9.13. The van der Waals surface area contributed by atoms with Crippen molar-refractivity contribution >= 4 is 17.5 Å². The van der Waals surface area contributed by atoms with Gasteiger partial charge in [0.05, 0.1) is 0 Å². The van der Waals surface area contributed by atoms with Crippen molar-refractivity contribution in [3.8, 4) is 0 Å². The fourth-order valence-electron chi connectivity index (χ4n) is 2.88. The Bertz CT molecular complexity index is 467. The van der Waals surface area contributed by atoms with Gasteiger partial charge in [0, 0.05) is 19.7 Å². The minimum absolute atomic E-state index is 0.0294. The number of para-hydroxylation sites is 1. The summed E-state index contributed by atoms with van der Waals surface area (Å²) in [5.74, 6) is 0.0903. The van der Waals surface area contributed by atoms with E-state index in [-0.39, 0.29) is 17.7 Å². The van der Waals surface area contributed by atoms with E-state index in [1.54, 1.807) is 11.9 Å². The van der Waals surface area contributed by atoms with E-state index in [0.717, 1.165) is 31.4 Å². The van der Waals surface area contributed by atoms with Gasteiger partial charge < -0.3 is 10.2 Å². The summed E-state index contributed by atoms with van der Waals surface area (Å²) >= 11 is 0. The minimum atomic E-state index is -0.403. The third-order valence-electron chi connectivity index (χ3n) is 3.97. The van der Waals surface area contributed by atoms with E-state index in [2.05, 4.69) is 5.32 Å². The maximum atomic E-state index is 12.7. The van der Waals surface area contributed by atoms with Crippen LogP contribution in [0, 0.1) is 5.92 Å². The first kappa shape index (κ1) is 14.6. The normalized spacial score (nSPS) is 16.7. The molecule has 4 heteroatoms. The number of carbonyl (C=O) groups excluding carboxylic acids is 2. The Morgan fingerprint density at radius 1 is 1.20 bits per heavy atom. The van der Waals surface area contributed by atoms with Gasteiger partial charge in [-0.05, 0) is 30.9 Å². The molecule has 4 nitrogen and oxygen atoms in total. The molecule has 1 aliphatic carbocycles.